The number of hydrogen-bond donors (Lipinski definition) is 1. The molecule has 2 nitrogen and oxygen atoms in total. The first-order valence-corrected chi connectivity index (χ1v) is 7.06. The number of aliphatic hydroxyl groups excluding tert-OH is 1. The van der Waals surface area contributed by atoms with Crippen molar-refractivity contribution in [3.8, 4) is 0 Å². The van der Waals surface area contributed by atoms with E-state index < -0.39 is 6.10 Å². The van der Waals surface area contributed by atoms with Crippen LogP contribution in [0.3, 0.4) is 0 Å². The highest BCUT2D eigenvalue weighted by atomic mass is 35.5. The number of benzene rings is 1. The minimum absolute atomic E-state index is 0.414. The van der Waals surface area contributed by atoms with Crippen molar-refractivity contribution < 1.29 is 5.11 Å². The summed E-state index contributed by atoms with van der Waals surface area (Å²) in [4.78, 5) is 2.32. The summed E-state index contributed by atoms with van der Waals surface area (Å²) in [6, 6.07) is 7.49. The summed E-state index contributed by atoms with van der Waals surface area (Å²) >= 11 is 5.92. The molecule has 0 aromatic heterocycles. The van der Waals surface area contributed by atoms with Gasteiger partial charge in [-0.25, -0.2) is 0 Å². The molecule has 0 radical (unpaired) electrons. The van der Waals surface area contributed by atoms with Crippen molar-refractivity contribution in [1.82, 2.24) is 4.90 Å². The van der Waals surface area contributed by atoms with Crippen LogP contribution in [0, 0.1) is 11.8 Å². The minimum Gasteiger partial charge on any atom is -0.388 e. The van der Waals surface area contributed by atoms with E-state index in [-0.39, 0.29) is 0 Å². The highest BCUT2D eigenvalue weighted by Crippen LogP contribution is 2.38. The number of halogens is 1. The second-order valence-corrected chi connectivity index (χ2v) is 6.03. The van der Waals surface area contributed by atoms with Crippen LogP contribution in [-0.4, -0.2) is 30.1 Å². The normalized spacial score (nSPS) is 24.3. The van der Waals surface area contributed by atoms with E-state index in [2.05, 4.69) is 18.9 Å². The average molecular weight is 268 g/mol. The van der Waals surface area contributed by atoms with Crippen LogP contribution >= 0.6 is 11.6 Å². The molecular weight excluding hydrogens is 246 g/mol. The summed E-state index contributed by atoms with van der Waals surface area (Å²) in [6.45, 7) is 4.39. The van der Waals surface area contributed by atoms with Gasteiger partial charge in [-0.2, -0.15) is 0 Å². The topological polar surface area (TPSA) is 23.5 Å². The van der Waals surface area contributed by atoms with Gasteiger partial charge in [-0.15, -0.1) is 0 Å². The molecule has 0 amide bonds. The van der Waals surface area contributed by atoms with Crippen molar-refractivity contribution >= 4 is 11.6 Å². The zero-order valence-electron chi connectivity index (χ0n) is 11.1. The van der Waals surface area contributed by atoms with Gasteiger partial charge in [0.1, 0.15) is 0 Å². The molecule has 1 N–H and O–H groups in total. The third-order valence-corrected chi connectivity index (χ3v) is 4.08. The predicted molar refractivity (Wildman–Crippen MR) is 75.8 cm³/mol. The molecule has 18 heavy (non-hydrogen) atoms. The lowest BCUT2D eigenvalue weighted by Gasteiger charge is -2.19. The van der Waals surface area contributed by atoms with E-state index >= 15 is 0 Å². The Balaban J connectivity index is 1.75. The van der Waals surface area contributed by atoms with Crippen molar-refractivity contribution in [2.24, 2.45) is 11.8 Å². The van der Waals surface area contributed by atoms with Crippen LogP contribution in [0.15, 0.2) is 24.3 Å². The highest BCUT2D eigenvalue weighted by Gasteiger charge is 2.32. The Kier molecular flexibility index (Phi) is 4.66. The highest BCUT2D eigenvalue weighted by molar-refractivity contribution is 6.30. The maximum atomic E-state index is 10.1. The molecule has 0 saturated heterocycles. The average Bonchev–Trinajstić information content (AvgIpc) is 3.01. The molecule has 1 aliphatic rings. The standard InChI is InChI=1S/C15H22ClNO/c1-11-8-13(11)10-17(2)7-6-15(18)12-4-3-5-14(16)9-12/h3-5,9,11,13,15,18H,6-8,10H2,1-2H3. The fraction of sp³-hybridized carbons (Fsp3) is 0.600. The quantitative estimate of drug-likeness (QED) is 0.854. The Morgan fingerprint density at radius 1 is 1.50 bits per heavy atom. The van der Waals surface area contributed by atoms with E-state index in [0.29, 0.717) is 5.02 Å². The molecule has 1 aromatic carbocycles. The summed E-state index contributed by atoms with van der Waals surface area (Å²) in [5.74, 6) is 1.77. The molecule has 0 bridgehead atoms. The summed E-state index contributed by atoms with van der Waals surface area (Å²) in [7, 11) is 2.13. The van der Waals surface area contributed by atoms with E-state index in [4.69, 9.17) is 11.6 Å². The maximum Gasteiger partial charge on any atom is 0.0802 e. The van der Waals surface area contributed by atoms with Crippen LogP contribution in [0.5, 0.6) is 0 Å². The van der Waals surface area contributed by atoms with Gasteiger partial charge in [0.2, 0.25) is 0 Å². The zero-order chi connectivity index (χ0) is 13.1. The molecule has 1 saturated carbocycles. The molecule has 3 unspecified atom stereocenters. The summed E-state index contributed by atoms with van der Waals surface area (Å²) in [5, 5.41) is 10.8. The van der Waals surface area contributed by atoms with Crippen molar-refractivity contribution in [3.05, 3.63) is 34.9 Å². The monoisotopic (exact) mass is 267 g/mol. The number of nitrogens with zero attached hydrogens (tertiary/aromatic N) is 1. The summed E-state index contributed by atoms with van der Waals surface area (Å²) in [6.07, 6.45) is 1.71. The Bertz CT molecular complexity index is 396. The van der Waals surface area contributed by atoms with Crippen LogP contribution in [0.1, 0.15) is 31.4 Å². The van der Waals surface area contributed by atoms with Crippen molar-refractivity contribution in [2.45, 2.75) is 25.9 Å². The smallest absolute Gasteiger partial charge is 0.0802 e. The lowest BCUT2D eigenvalue weighted by Crippen LogP contribution is -2.24. The molecule has 0 heterocycles. The van der Waals surface area contributed by atoms with Gasteiger partial charge in [-0.05, 0) is 49.4 Å². The molecule has 2 rings (SSSR count). The minimum atomic E-state index is -0.414. The Labute approximate surface area is 115 Å². The molecule has 3 atom stereocenters. The first kappa shape index (κ1) is 13.9. The SMILES string of the molecule is CC1CC1CN(C)CCC(O)c1cccc(Cl)c1. The van der Waals surface area contributed by atoms with E-state index in [1.807, 2.05) is 24.3 Å². The largest absolute Gasteiger partial charge is 0.388 e. The second kappa shape index (κ2) is 6.05. The molecule has 3 heteroatoms. The third-order valence-electron chi connectivity index (χ3n) is 3.84. The van der Waals surface area contributed by atoms with Gasteiger partial charge in [0.05, 0.1) is 6.10 Å². The predicted octanol–water partition coefficient (Wildman–Crippen LogP) is 3.35. The summed E-state index contributed by atoms with van der Waals surface area (Å²) in [5.41, 5.74) is 0.913. The molecule has 1 aromatic rings. The van der Waals surface area contributed by atoms with Crippen molar-refractivity contribution in [3.63, 3.8) is 0 Å². The molecule has 100 valence electrons. The fourth-order valence-corrected chi connectivity index (χ4v) is 2.57. The van der Waals surface area contributed by atoms with E-state index in [1.54, 1.807) is 0 Å². The van der Waals surface area contributed by atoms with Gasteiger partial charge in [0, 0.05) is 18.1 Å². The van der Waals surface area contributed by atoms with E-state index in [1.165, 1.54) is 6.42 Å². The van der Waals surface area contributed by atoms with Gasteiger partial charge in [-0.3, -0.25) is 0 Å². The molecule has 1 aliphatic carbocycles. The zero-order valence-corrected chi connectivity index (χ0v) is 11.9. The molecule has 1 fully saturated rings. The molecule has 0 aliphatic heterocycles. The van der Waals surface area contributed by atoms with Crippen LogP contribution in [0.4, 0.5) is 0 Å². The van der Waals surface area contributed by atoms with Gasteiger partial charge < -0.3 is 10.0 Å². The number of aliphatic hydroxyl groups is 1. The molecule has 0 spiro atoms. The third kappa shape index (κ3) is 3.98. The first-order chi connectivity index (χ1) is 8.56. The number of hydrogen-bond acceptors (Lipinski definition) is 2. The van der Waals surface area contributed by atoms with Gasteiger partial charge in [-0.1, -0.05) is 30.7 Å². The molecular formula is C15H22ClNO. The van der Waals surface area contributed by atoms with E-state index in [0.717, 1.165) is 36.9 Å². The van der Waals surface area contributed by atoms with Gasteiger partial charge >= 0.3 is 0 Å². The van der Waals surface area contributed by atoms with Crippen molar-refractivity contribution in [2.75, 3.05) is 20.1 Å². The van der Waals surface area contributed by atoms with Gasteiger partial charge in [0.15, 0.2) is 0 Å². The van der Waals surface area contributed by atoms with Crippen LogP contribution in [0.2, 0.25) is 5.02 Å². The van der Waals surface area contributed by atoms with Crippen LogP contribution in [-0.2, 0) is 0 Å². The van der Waals surface area contributed by atoms with Crippen molar-refractivity contribution in [1.29, 1.82) is 0 Å². The van der Waals surface area contributed by atoms with Crippen LogP contribution in [0.25, 0.3) is 0 Å². The Morgan fingerprint density at radius 2 is 2.22 bits per heavy atom. The van der Waals surface area contributed by atoms with E-state index in [9.17, 15) is 5.11 Å². The van der Waals surface area contributed by atoms with Crippen LogP contribution < -0.4 is 0 Å². The number of rotatable bonds is 6. The lowest BCUT2D eigenvalue weighted by atomic mass is 10.1. The first-order valence-electron chi connectivity index (χ1n) is 6.68. The summed E-state index contributed by atoms with van der Waals surface area (Å²) < 4.78 is 0. The fourth-order valence-electron chi connectivity index (χ4n) is 2.37. The second-order valence-electron chi connectivity index (χ2n) is 5.59. The maximum absolute atomic E-state index is 10.1. The Morgan fingerprint density at radius 3 is 2.83 bits per heavy atom. The Hall–Kier alpha value is -0.570. The lowest BCUT2D eigenvalue weighted by molar-refractivity contribution is 0.147. The van der Waals surface area contributed by atoms with Gasteiger partial charge in [0.25, 0.3) is 0 Å².